The Kier molecular flexibility index (Phi) is 6.04. The number of anilines is 1. The average Bonchev–Trinajstić information content (AvgIpc) is 2.49. The lowest BCUT2D eigenvalue weighted by Gasteiger charge is -2.13. The molecular weight excluding hydrogens is 291 g/mol. The zero-order chi connectivity index (χ0) is 16.8. The topological polar surface area (TPSA) is 41.1 Å². The van der Waals surface area contributed by atoms with Gasteiger partial charge in [0.1, 0.15) is 5.82 Å². The highest BCUT2D eigenvalue weighted by molar-refractivity contribution is 5.37. The van der Waals surface area contributed by atoms with Gasteiger partial charge in [-0.05, 0) is 64.2 Å². The van der Waals surface area contributed by atoms with Gasteiger partial charge in [0.25, 0.3) is 0 Å². The monoisotopic (exact) mass is 316 g/mol. The van der Waals surface area contributed by atoms with Crippen LogP contribution >= 0.6 is 0 Å². The first-order valence-corrected chi connectivity index (χ1v) is 7.93. The lowest BCUT2D eigenvalue weighted by atomic mass is 10.0. The number of nitrogens with one attached hydrogen (secondary N) is 1. The number of rotatable bonds is 7. The molecular formula is C18H25FN4. The molecule has 0 saturated carbocycles. The molecule has 0 fully saturated rings. The second-order valence-electron chi connectivity index (χ2n) is 6.08. The summed E-state index contributed by atoms with van der Waals surface area (Å²) < 4.78 is 13.0. The highest BCUT2D eigenvalue weighted by Crippen LogP contribution is 2.17. The lowest BCUT2D eigenvalue weighted by Crippen LogP contribution is -2.17. The average molecular weight is 316 g/mol. The molecule has 0 spiro atoms. The van der Waals surface area contributed by atoms with E-state index in [4.69, 9.17) is 0 Å². The standard InChI is InChI=1S/C18H25FN4/c1-13-17(12-15-6-8-16(19)9-7-15)14(2)22-18(21-13)20-10-5-11-23(3)4/h6-9H,5,10-12H2,1-4H3,(H,20,21,22). The minimum absolute atomic E-state index is 0.212. The van der Waals surface area contributed by atoms with Crippen molar-refractivity contribution in [3.63, 3.8) is 0 Å². The molecule has 0 atom stereocenters. The highest BCUT2D eigenvalue weighted by Gasteiger charge is 2.09. The normalized spacial score (nSPS) is 11.0. The zero-order valence-corrected chi connectivity index (χ0v) is 14.4. The van der Waals surface area contributed by atoms with Crippen molar-refractivity contribution in [3.05, 3.63) is 52.6 Å². The van der Waals surface area contributed by atoms with E-state index in [2.05, 4.69) is 34.3 Å². The second-order valence-corrected chi connectivity index (χ2v) is 6.08. The van der Waals surface area contributed by atoms with Crippen LogP contribution in [0.5, 0.6) is 0 Å². The second kappa shape index (κ2) is 8.02. The van der Waals surface area contributed by atoms with Crippen LogP contribution in [0.2, 0.25) is 0 Å². The fourth-order valence-corrected chi connectivity index (χ4v) is 2.48. The van der Waals surface area contributed by atoms with Crippen LogP contribution in [0.3, 0.4) is 0 Å². The van der Waals surface area contributed by atoms with Crippen molar-refractivity contribution >= 4 is 5.95 Å². The third kappa shape index (κ3) is 5.28. The molecule has 2 rings (SSSR count). The Morgan fingerprint density at radius 3 is 2.22 bits per heavy atom. The number of hydrogen-bond acceptors (Lipinski definition) is 4. The molecule has 1 aromatic heterocycles. The van der Waals surface area contributed by atoms with Crippen LogP contribution < -0.4 is 5.32 Å². The largest absolute Gasteiger partial charge is 0.354 e. The third-order valence-electron chi connectivity index (χ3n) is 3.78. The maximum atomic E-state index is 13.0. The maximum absolute atomic E-state index is 13.0. The van der Waals surface area contributed by atoms with E-state index in [1.54, 1.807) is 0 Å². The summed E-state index contributed by atoms with van der Waals surface area (Å²) in [7, 11) is 4.13. The van der Waals surface area contributed by atoms with Gasteiger partial charge in [0.15, 0.2) is 0 Å². The summed E-state index contributed by atoms with van der Waals surface area (Å²) in [6, 6.07) is 6.59. The summed E-state index contributed by atoms with van der Waals surface area (Å²) in [6.07, 6.45) is 1.77. The fraction of sp³-hybridized carbons (Fsp3) is 0.444. The van der Waals surface area contributed by atoms with Crippen molar-refractivity contribution < 1.29 is 4.39 Å². The highest BCUT2D eigenvalue weighted by atomic mass is 19.1. The predicted molar refractivity (Wildman–Crippen MR) is 92.4 cm³/mol. The number of aromatic nitrogens is 2. The van der Waals surface area contributed by atoms with E-state index < -0.39 is 0 Å². The third-order valence-corrected chi connectivity index (χ3v) is 3.78. The molecule has 124 valence electrons. The molecule has 1 heterocycles. The van der Waals surface area contributed by atoms with Gasteiger partial charge in [0.2, 0.25) is 5.95 Å². The summed E-state index contributed by atoms with van der Waals surface area (Å²) in [4.78, 5) is 11.3. The SMILES string of the molecule is Cc1nc(NCCCN(C)C)nc(C)c1Cc1ccc(F)cc1. The number of benzene rings is 1. The Balaban J connectivity index is 2.03. The molecule has 5 heteroatoms. The van der Waals surface area contributed by atoms with E-state index in [0.717, 1.165) is 48.4 Å². The Morgan fingerprint density at radius 2 is 1.65 bits per heavy atom. The van der Waals surface area contributed by atoms with Gasteiger partial charge < -0.3 is 10.2 Å². The molecule has 0 aliphatic heterocycles. The first-order valence-electron chi connectivity index (χ1n) is 7.93. The molecule has 0 aliphatic carbocycles. The molecule has 1 N–H and O–H groups in total. The van der Waals surface area contributed by atoms with E-state index in [9.17, 15) is 4.39 Å². The van der Waals surface area contributed by atoms with Gasteiger partial charge in [-0.1, -0.05) is 12.1 Å². The number of hydrogen-bond donors (Lipinski definition) is 1. The molecule has 23 heavy (non-hydrogen) atoms. The molecule has 0 amide bonds. The quantitative estimate of drug-likeness (QED) is 0.797. The van der Waals surface area contributed by atoms with Gasteiger partial charge in [-0.3, -0.25) is 0 Å². The van der Waals surface area contributed by atoms with Crippen molar-refractivity contribution in [1.82, 2.24) is 14.9 Å². The maximum Gasteiger partial charge on any atom is 0.223 e. The van der Waals surface area contributed by atoms with Gasteiger partial charge in [-0.15, -0.1) is 0 Å². The van der Waals surface area contributed by atoms with Gasteiger partial charge in [-0.2, -0.15) is 0 Å². The number of aryl methyl sites for hydroxylation is 2. The van der Waals surface area contributed by atoms with Crippen molar-refractivity contribution in [2.24, 2.45) is 0 Å². The van der Waals surface area contributed by atoms with E-state index in [0.29, 0.717) is 5.95 Å². The zero-order valence-electron chi connectivity index (χ0n) is 14.4. The summed E-state index contributed by atoms with van der Waals surface area (Å²) in [5.41, 5.74) is 4.11. The Hall–Kier alpha value is -2.01. The van der Waals surface area contributed by atoms with Crippen LogP contribution in [-0.2, 0) is 6.42 Å². The molecule has 0 aliphatic rings. The molecule has 0 radical (unpaired) electrons. The van der Waals surface area contributed by atoms with Crippen molar-refractivity contribution in [3.8, 4) is 0 Å². The van der Waals surface area contributed by atoms with E-state index in [1.165, 1.54) is 12.1 Å². The van der Waals surface area contributed by atoms with Crippen LogP contribution in [0.25, 0.3) is 0 Å². The molecule has 0 saturated heterocycles. The van der Waals surface area contributed by atoms with E-state index in [-0.39, 0.29) is 5.82 Å². The van der Waals surface area contributed by atoms with Gasteiger partial charge in [-0.25, -0.2) is 14.4 Å². The van der Waals surface area contributed by atoms with Crippen LogP contribution in [0.1, 0.15) is 28.9 Å². The van der Waals surface area contributed by atoms with Crippen LogP contribution in [0, 0.1) is 19.7 Å². The molecule has 2 aromatic rings. The molecule has 4 nitrogen and oxygen atoms in total. The molecule has 1 aromatic carbocycles. The van der Waals surface area contributed by atoms with Gasteiger partial charge in [0, 0.05) is 24.4 Å². The predicted octanol–water partition coefficient (Wildman–Crippen LogP) is 3.19. The number of nitrogens with zero attached hydrogens (tertiary/aromatic N) is 3. The first-order chi connectivity index (χ1) is 11.0. The summed E-state index contributed by atoms with van der Waals surface area (Å²) in [5, 5.41) is 3.28. The Morgan fingerprint density at radius 1 is 1.04 bits per heavy atom. The van der Waals surface area contributed by atoms with Crippen molar-refractivity contribution in [2.75, 3.05) is 32.5 Å². The van der Waals surface area contributed by atoms with Gasteiger partial charge in [0.05, 0.1) is 0 Å². The van der Waals surface area contributed by atoms with E-state index in [1.807, 2.05) is 26.0 Å². The van der Waals surface area contributed by atoms with Gasteiger partial charge >= 0.3 is 0 Å². The summed E-state index contributed by atoms with van der Waals surface area (Å²) in [6.45, 7) is 5.89. The first kappa shape index (κ1) is 17.3. The minimum Gasteiger partial charge on any atom is -0.354 e. The number of halogens is 1. The smallest absolute Gasteiger partial charge is 0.223 e. The van der Waals surface area contributed by atoms with Crippen molar-refractivity contribution in [2.45, 2.75) is 26.7 Å². The van der Waals surface area contributed by atoms with Crippen LogP contribution in [-0.4, -0.2) is 42.1 Å². The van der Waals surface area contributed by atoms with Crippen LogP contribution in [0.15, 0.2) is 24.3 Å². The summed E-state index contributed by atoms with van der Waals surface area (Å²) in [5.74, 6) is 0.470. The summed E-state index contributed by atoms with van der Waals surface area (Å²) >= 11 is 0. The molecule has 0 unspecified atom stereocenters. The molecule has 0 bridgehead atoms. The Bertz CT molecular complexity index is 615. The Labute approximate surface area is 137 Å². The fourth-order valence-electron chi connectivity index (χ4n) is 2.48. The van der Waals surface area contributed by atoms with E-state index >= 15 is 0 Å². The lowest BCUT2D eigenvalue weighted by molar-refractivity contribution is 0.405. The van der Waals surface area contributed by atoms with Crippen LogP contribution in [0.4, 0.5) is 10.3 Å². The minimum atomic E-state index is -0.212. The van der Waals surface area contributed by atoms with Crippen molar-refractivity contribution in [1.29, 1.82) is 0 Å².